The highest BCUT2D eigenvalue weighted by Crippen LogP contribution is 2.40. The summed E-state index contributed by atoms with van der Waals surface area (Å²) in [6.45, 7) is 10.8. The van der Waals surface area contributed by atoms with Crippen molar-refractivity contribution in [1.82, 2.24) is 0 Å². The van der Waals surface area contributed by atoms with Crippen LogP contribution in [-0.2, 0) is 11.2 Å². The molecular formula is C23H29NO4Si. The maximum absolute atomic E-state index is 13.2. The minimum atomic E-state index is -2.06. The van der Waals surface area contributed by atoms with Crippen molar-refractivity contribution in [2.75, 3.05) is 12.0 Å². The Bertz CT molecular complexity index is 946. The molecule has 2 aromatic carbocycles. The van der Waals surface area contributed by atoms with Crippen molar-refractivity contribution in [3.05, 3.63) is 53.6 Å². The van der Waals surface area contributed by atoms with Crippen molar-refractivity contribution in [2.24, 2.45) is 0 Å². The summed E-state index contributed by atoms with van der Waals surface area (Å²) in [5, 5.41) is 0.0381. The molecule has 1 aliphatic heterocycles. The topological polar surface area (TPSA) is 55.8 Å². The van der Waals surface area contributed by atoms with E-state index in [0.717, 1.165) is 5.56 Å². The molecule has 0 saturated heterocycles. The minimum absolute atomic E-state index is 0.0381. The molecule has 0 radical (unpaired) electrons. The molecule has 6 heteroatoms. The van der Waals surface area contributed by atoms with Crippen molar-refractivity contribution in [3.8, 4) is 11.5 Å². The predicted octanol–water partition coefficient (Wildman–Crippen LogP) is 5.20. The Labute approximate surface area is 173 Å². The zero-order chi connectivity index (χ0) is 21.4. The molecule has 1 heterocycles. The maximum atomic E-state index is 13.2. The molecule has 2 aromatic rings. The van der Waals surface area contributed by atoms with E-state index in [9.17, 15) is 9.59 Å². The average Bonchev–Trinajstić information content (AvgIpc) is 2.66. The van der Waals surface area contributed by atoms with Gasteiger partial charge in [0.1, 0.15) is 5.75 Å². The second-order valence-corrected chi connectivity index (χ2v) is 13.6. The van der Waals surface area contributed by atoms with Crippen LogP contribution in [0.1, 0.15) is 43.1 Å². The quantitative estimate of drug-likeness (QED) is 0.513. The Morgan fingerprint density at radius 2 is 1.72 bits per heavy atom. The lowest BCUT2D eigenvalue weighted by Crippen LogP contribution is -2.44. The first-order valence-corrected chi connectivity index (χ1v) is 12.8. The molecule has 0 aliphatic carbocycles. The van der Waals surface area contributed by atoms with Gasteiger partial charge in [-0.25, -0.2) is 4.90 Å². The van der Waals surface area contributed by atoms with Gasteiger partial charge in [0.15, 0.2) is 5.75 Å². The van der Waals surface area contributed by atoms with Crippen LogP contribution in [0.3, 0.4) is 0 Å². The molecular weight excluding hydrogens is 382 g/mol. The molecule has 0 atom stereocenters. The van der Waals surface area contributed by atoms with E-state index in [4.69, 9.17) is 9.16 Å². The van der Waals surface area contributed by atoms with Crippen LogP contribution in [0.15, 0.2) is 42.5 Å². The summed E-state index contributed by atoms with van der Waals surface area (Å²) in [5.41, 5.74) is 2.06. The molecule has 29 heavy (non-hydrogen) atoms. The number of benzene rings is 2. The third-order valence-corrected chi connectivity index (χ3v) is 10.2. The first kappa shape index (κ1) is 21.1. The van der Waals surface area contributed by atoms with Crippen LogP contribution in [0, 0.1) is 0 Å². The highest BCUT2D eigenvalue weighted by molar-refractivity contribution is 6.74. The zero-order valence-electron chi connectivity index (χ0n) is 18.0. The lowest BCUT2D eigenvalue weighted by atomic mass is 10.00. The number of hydrogen-bond donors (Lipinski definition) is 0. The van der Waals surface area contributed by atoms with Gasteiger partial charge in [0.05, 0.1) is 12.8 Å². The van der Waals surface area contributed by atoms with Crippen molar-refractivity contribution >= 4 is 25.8 Å². The van der Waals surface area contributed by atoms with Gasteiger partial charge in [-0.05, 0) is 54.4 Å². The third kappa shape index (κ3) is 4.08. The second-order valence-electron chi connectivity index (χ2n) is 8.89. The van der Waals surface area contributed by atoms with Gasteiger partial charge in [0.25, 0.3) is 14.2 Å². The fourth-order valence-electron chi connectivity index (χ4n) is 3.09. The van der Waals surface area contributed by atoms with E-state index >= 15 is 0 Å². The highest BCUT2D eigenvalue weighted by Gasteiger charge is 2.39. The van der Waals surface area contributed by atoms with E-state index in [1.54, 1.807) is 25.3 Å². The largest absolute Gasteiger partial charge is 0.541 e. The Kier molecular flexibility index (Phi) is 5.58. The van der Waals surface area contributed by atoms with Crippen LogP contribution in [0.2, 0.25) is 18.1 Å². The Balaban J connectivity index is 1.95. The number of fused-ring (bicyclic) bond motifs is 1. The van der Waals surface area contributed by atoms with Gasteiger partial charge in [-0.1, -0.05) is 39.0 Å². The Morgan fingerprint density at radius 1 is 1.03 bits per heavy atom. The summed E-state index contributed by atoms with van der Waals surface area (Å²) in [4.78, 5) is 27.0. The number of anilines is 1. The number of nitrogens with zero attached hydrogens (tertiary/aromatic N) is 1. The molecule has 0 spiro atoms. The van der Waals surface area contributed by atoms with Gasteiger partial charge in [-0.15, -0.1) is 0 Å². The van der Waals surface area contributed by atoms with Crippen molar-refractivity contribution < 1.29 is 18.8 Å². The number of ether oxygens (including phenoxy) is 1. The minimum Gasteiger partial charge on any atom is -0.541 e. The van der Waals surface area contributed by atoms with Gasteiger partial charge in [0.2, 0.25) is 5.91 Å². The zero-order valence-corrected chi connectivity index (χ0v) is 19.0. The smallest absolute Gasteiger partial charge is 0.265 e. The van der Waals surface area contributed by atoms with Crippen LogP contribution in [0.5, 0.6) is 11.5 Å². The molecule has 0 saturated carbocycles. The number of amides is 2. The molecule has 0 bridgehead atoms. The lowest BCUT2D eigenvalue weighted by molar-refractivity contribution is -0.118. The van der Waals surface area contributed by atoms with Crippen LogP contribution in [-0.4, -0.2) is 27.2 Å². The van der Waals surface area contributed by atoms with E-state index in [-0.39, 0.29) is 16.9 Å². The first-order chi connectivity index (χ1) is 13.5. The van der Waals surface area contributed by atoms with Gasteiger partial charge < -0.3 is 9.16 Å². The SMILES string of the molecule is COc1cc(C(=O)N2C(=O)CCc3ccccc32)ccc1O[Si](C)(C)C(C)(C)C. The number of carbonyl (C=O) groups excluding carboxylic acids is 2. The van der Waals surface area contributed by atoms with E-state index in [2.05, 4.69) is 33.9 Å². The lowest BCUT2D eigenvalue weighted by Gasteiger charge is -2.36. The first-order valence-electron chi connectivity index (χ1n) is 9.87. The molecule has 154 valence electrons. The molecule has 0 N–H and O–H groups in total. The van der Waals surface area contributed by atoms with E-state index in [1.807, 2.05) is 24.3 Å². The van der Waals surface area contributed by atoms with Crippen LogP contribution in [0.4, 0.5) is 5.69 Å². The summed E-state index contributed by atoms with van der Waals surface area (Å²) >= 11 is 0. The monoisotopic (exact) mass is 411 g/mol. The van der Waals surface area contributed by atoms with E-state index < -0.39 is 8.32 Å². The summed E-state index contributed by atoms with van der Waals surface area (Å²) in [6.07, 6.45) is 0.980. The van der Waals surface area contributed by atoms with Gasteiger partial charge in [-0.3, -0.25) is 9.59 Å². The number of imide groups is 1. The van der Waals surface area contributed by atoms with Crippen LogP contribution >= 0.6 is 0 Å². The summed E-state index contributed by atoms with van der Waals surface area (Å²) < 4.78 is 11.9. The molecule has 0 unspecified atom stereocenters. The van der Waals surface area contributed by atoms with E-state index in [1.165, 1.54) is 4.90 Å². The van der Waals surface area contributed by atoms with Gasteiger partial charge in [0, 0.05) is 12.0 Å². The third-order valence-electron chi connectivity index (χ3n) is 5.88. The highest BCUT2D eigenvalue weighted by atomic mass is 28.4. The Morgan fingerprint density at radius 3 is 2.38 bits per heavy atom. The molecule has 0 aromatic heterocycles. The standard InChI is InChI=1S/C23H29NO4Si/c1-23(2,3)29(5,6)28-19-13-11-17(15-20(19)27-4)22(26)24-18-10-8-7-9-16(18)12-14-21(24)25/h7-11,13,15H,12,14H2,1-6H3. The van der Waals surface area contributed by atoms with Crippen LogP contribution < -0.4 is 14.1 Å². The number of para-hydroxylation sites is 1. The summed E-state index contributed by atoms with van der Waals surface area (Å²) in [7, 11) is -0.499. The molecule has 1 aliphatic rings. The summed E-state index contributed by atoms with van der Waals surface area (Å²) in [6, 6.07) is 12.7. The number of carbonyl (C=O) groups is 2. The summed E-state index contributed by atoms with van der Waals surface area (Å²) in [5.74, 6) is 0.591. The van der Waals surface area contributed by atoms with Crippen LogP contribution in [0.25, 0.3) is 0 Å². The number of aryl methyl sites for hydroxylation is 1. The van der Waals surface area contributed by atoms with Crippen molar-refractivity contribution in [1.29, 1.82) is 0 Å². The fraction of sp³-hybridized carbons (Fsp3) is 0.391. The molecule has 5 nitrogen and oxygen atoms in total. The number of methoxy groups -OCH3 is 1. The number of hydrogen-bond acceptors (Lipinski definition) is 4. The normalized spacial score (nSPS) is 14.4. The molecule has 3 rings (SSSR count). The average molecular weight is 412 g/mol. The van der Waals surface area contributed by atoms with E-state index in [0.29, 0.717) is 35.6 Å². The second kappa shape index (κ2) is 7.67. The number of rotatable bonds is 4. The Hall–Kier alpha value is -2.60. The van der Waals surface area contributed by atoms with Crippen molar-refractivity contribution in [3.63, 3.8) is 0 Å². The maximum Gasteiger partial charge on any atom is 0.265 e. The fourth-order valence-corrected chi connectivity index (χ4v) is 4.12. The van der Waals surface area contributed by atoms with Gasteiger partial charge in [-0.2, -0.15) is 0 Å². The molecule has 2 amide bonds. The predicted molar refractivity (Wildman–Crippen MR) is 117 cm³/mol. The van der Waals surface area contributed by atoms with Crippen molar-refractivity contribution in [2.45, 2.75) is 51.7 Å². The van der Waals surface area contributed by atoms with Gasteiger partial charge >= 0.3 is 0 Å². The molecule has 0 fully saturated rings.